The molecule has 1 rings (SSSR count). The van der Waals surface area contributed by atoms with Crippen LogP contribution in [0.5, 0.6) is 0 Å². The van der Waals surface area contributed by atoms with Crippen LogP contribution < -0.4 is 10.6 Å². The van der Waals surface area contributed by atoms with Crippen LogP contribution in [0.2, 0.25) is 0 Å². The Kier molecular flexibility index (Phi) is 8.12. The van der Waals surface area contributed by atoms with E-state index in [2.05, 4.69) is 15.5 Å². The van der Waals surface area contributed by atoms with Gasteiger partial charge in [-0.05, 0) is 46.3 Å². The maximum Gasteiger partial charge on any atom is 0.315 e. The van der Waals surface area contributed by atoms with Gasteiger partial charge in [0.2, 0.25) is 0 Å². The molecule has 0 radical (unpaired) electrons. The summed E-state index contributed by atoms with van der Waals surface area (Å²) in [4.78, 5) is 25.3. The summed E-state index contributed by atoms with van der Waals surface area (Å²) in [5, 5.41) is 14.9. The summed E-state index contributed by atoms with van der Waals surface area (Å²) in [5.74, 6) is -1.25. The van der Waals surface area contributed by atoms with Crippen molar-refractivity contribution in [2.45, 2.75) is 51.0 Å². The van der Waals surface area contributed by atoms with E-state index in [4.69, 9.17) is 0 Å². The Morgan fingerprint density at radius 3 is 2.52 bits per heavy atom. The van der Waals surface area contributed by atoms with E-state index in [1.54, 1.807) is 0 Å². The Morgan fingerprint density at radius 1 is 1.14 bits per heavy atom. The fourth-order valence-corrected chi connectivity index (χ4v) is 2.75. The smallest absolute Gasteiger partial charge is 0.315 e. The van der Waals surface area contributed by atoms with Crippen molar-refractivity contribution < 1.29 is 14.7 Å². The molecule has 3 N–H and O–H groups in total. The Bertz CT molecular complexity index is 334. The number of hydrogen-bond donors (Lipinski definition) is 3. The zero-order valence-corrected chi connectivity index (χ0v) is 13.2. The highest BCUT2D eigenvalue weighted by Crippen LogP contribution is 2.23. The highest BCUT2D eigenvalue weighted by Gasteiger charge is 2.30. The molecule has 1 fully saturated rings. The number of carbonyl (C=O) groups is 2. The van der Waals surface area contributed by atoms with E-state index < -0.39 is 11.9 Å². The Morgan fingerprint density at radius 2 is 1.86 bits per heavy atom. The van der Waals surface area contributed by atoms with Crippen LogP contribution in [-0.2, 0) is 4.79 Å². The molecule has 6 heteroatoms. The first-order valence-corrected chi connectivity index (χ1v) is 7.92. The number of hydrogen-bond acceptors (Lipinski definition) is 3. The van der Waals surface area contributed by atoms with Gasteiger partial charge in [-0.2, -0.15) is 0 Å². The summed E-state index contributed by atoms with van der Waals surface area (Å²) >= 11 is 0. The van der Waals surface area contributed by atoms with Gasteiger partial charge >= 0.3 is 12.0 Å². The first-order chi connectivity index (χ1) is 10.0. The largest absolute Gasteiger partial charge is 0.481 e. The molecule has 0 spiro atoms. The van der Waals surface area contributed by atoms with Gasteiger partial charge in [0.05, 0.1) is 5.92 Å². The third kappa shape index (κ3) is 7.32. The number of nitrogens with zero attached hydrogens (tertiary/aromatic N) is 1. The normalized spacial score (nSPS) is 22.6. The number of unbranched alkanes of at least 4 members (excludes halogenated alkanes) is 1. The number of carboxylic acids is 1. The minimum atomic E-state index is -0.798. The molecule has 0 aromatic carbocycles. The van der Waals surface area contributed by atoms with Crippen LogP contribution in [0.25, 0.3) is 0 Å². The summed E-state index contributed by atoms with van der Waals surface area (Å²) in [6, 6.07) is -0.482. The summed E-state index contributed by atoms with van der Waals surface area (Å²) in [6.45, 7) is 1.64. The van der Waals surface area contributed by atoms with Crippen molar-refractivity contribution in [3.8, 4) is 0 Å². The molecular weight excluding hydrogens is 270 g/mol. The fourth-order valence-electron chi connectivity index (χ4n) is 2.75. The van der Waals surface area contributed by atoms with Crippen molar-refractivity contribution >= 4 is 12.0 Å². The van der Waals surface area contributed by atoms with Crippen molar-refractivity contribution in [3.63, 3.8) is 0 Å². The lowest BCUT2D eigenvalue weighted by Gasteiger charge is -2.23. The average Bonchev–Trinajstić information content (AvgIpc) is 2.63. The van der Waals surface area contributed by atoms with Crippen molar-refractivity contribution in [1.29, 1.82) is 0 Å². The van der Waals surface area contributed by atoms with Gasteiger partial charge in [-0.3, -0.25) is 4.79 Å². The Balaban J connectivity index is 2.29. The maximum atomic E-state index is 11.9. The third-order valence-corrected chi connectivity index (χ3v) is 3.97. The van der Waals surface area contributed by atoms with Crippen LogP contribution in [-0.4, -0.2) is 55.2 Å². The van der Waals surface area contributed by atoms with Crippen molar-refractivity contribution in [2.75, 3.05) is 27.2 Å². The van der Waals surface area contributed by atoms with Crippen LogP contribution in [0.3, 0.4) is 0 Å². The van der Waals surface area contributed by atoms with E-state index in [1.165, 1.54) is 0 Å². The lowest BCUT2D eigenvalue weighted by atomic mass is 9.95. The molecule has 1 aliphatic rings. The molecule has 1 aliphatic carbocycles. The number of nitrogens with one attached hydrogen (secondary N) is 2. The molecule has 122 valence electrons. The monoisotopic (exact) mass is 299 g/mol. The molecule has 21 heavy (non-hydrogen) atoms. The average molecular weight is 299 g/mol. The van der Waals surface area contributed by atoms with Gasteiger partial charge in [-0.1, -0.05) is 19.3 Å². The van der Waals surface area contributed by atoms with Crippen molar-refractivity contribution in [1.82, 2.24) is 15.5 Å². The van der Waals surface area contributed by atoms with Crippen LogP contribution in [0, 0.1) is 5.92 Å². The van der Waals surface area contributed by atoms with Gasteiger partial charge in [-0.25, -0.2) is 4.79 Å². The second-order valence-corrected chi connectivity index (χ2v) is 6.10. The molecule has 2 amide bonds. The highest BCUT2D eigenvalue weighted by atomic mass is 16.4. The van der Waals surface area contributed by atoms with Gasteiger partial charge in [0.15, 0.2) is 0 Å². The van der Waals surface area contributed by atoms with E-state index in [9.17, 15) is 14.7 Å². The number of aliphatic carboxylic acids is 1. The molecule has 1 saturated carbocycles. The Hall–Kier alpha value is -1.30. The molecule has 0 aromatic heterocycles. The van der Waals surface area contributed by atoms with Gasteiger partial charge < -0.3 is 20.6 Å². The van der Waals surface area contributed by atoms with E-state index in [1.807, 2.05) is 14.1 Å². The third-order valence-electron chi connectivity index (χ3n) is 3.97. The quantitative estimate of drug-likeness (QED) is 0.493. The van der Waals surface area contributed by atoms with E-state index in [0.29, 0.717) is 13.0 Å². The first-order valence-electron chi connectivity index (χ1n) is 7.92. The van der Waals surface area contributed by atoms with Crippen molar-refractivity contribution in [2.24, 2.45) is 5.92 Å². The van der Waals surface area contributed by atoms with Crippen LogP contribution >= 0.6 is 0 Å². The van der Waals surface area contributed by atoms with Crippen LogP contribution in [0.15, 0.2) is 0 Å². The molecule has 0 saturated heterocycles. The zero-order chi connectivity index (χ0) is 15.7. The fraction of sp³-hybridized carbons (Fsp3) is 0.867. The predicted molar refractivity (Wildman–Crippen MR) is 82.3 cm³/mol. The number of carboxylic acid groups (broad SMARTS) is 1. The van der Waals surface area contributed by atoms with E-state index in [-0.39, 0.29) is 12.1 Å². The molecular formula is C15H29N3O3. The topological polar surface area (TPSA) is 81.7 Å². The maximum absolute atomic E-state index is 11.9. The van der Waals surface area contributed by atoms with Crippen LogP contribution in [0.1, 0.15) is 44.9 Å². The molecule has 0 bridgehead atoms. The highest BCUT2D eigenvalue weighted by molar-refractivity contribution is 5.76. The molecule has 2 unspecified atom stereocenters. The Labute approximate surface area is 127 Å². The molecule has 2 atom stereocenters. The standard InChI is InChI=1S/C15H29N3O3/c1-18(2)11-7-6-10-16-15(21)17-13-9-5-3-4-8-12(13)14(19)20/h12-13H,3-11H2,1-2H3,(H,19,20)(H2,16,17,21). The molecule has 0 heterocycles. The lowest BCUT2D eigenvalue weighted by Crippen LogP contribution is -2.47. The SMILES string of the molecule is CN(C)CCCCNC(=O)NC1CCCCCC1C(=O)O. The first kappa shape index (κ1) is 17.8. The minimum Gasteiger partial charge on any atom is -0.481 e. The van der Waals surface area contributed by atoms with Gasteiger partial charge in [0, 0.05) is 12.6 Å². The molecule has 0 aromatic rings. The number of urea groups is 1. The second-order valence-electron chi connectivity index (χ2n) is 6.10. The van der Waals surface area contributed by atoms with Gasteiger partial charge in [0.25, 0.3) is 0 Å². The lowest BCUT2D eigenvalue weighted by molar-refractivity contribution is -0.142. The van der Waals surface area contributed by atoms with Gasteiger partial charge in [-0.15, -0.1) is 0 Å². The molecule has 6 nitrogen and oxygen atoms in total. The summed E-state index contributed by atoms with van der Waals surface area (Å²) < 4.78 is 0. The summed E-state index contributed by atoms with van der Waals surface area (Å²) in [7, 11) is 4.05. The predicted octanol–water partition coefficient (Wildman–Crippen LogP) is 1.66. The minimum absolute atomic E-state index is 0.238. The zero-order valence-electron chi connectivity index (χ0n) is 13.2. The van der Waals surface area contributed by atoms with E-state index >= 15 is 0 Å². The number of rotatable bonds is 7. The van der Waals surface area contributed by atoms with E-state index in [0.717, 1.165) is 45.1 Å². The summed E-state index contributed by atoms with van der Waals surface area (Å²) in [5.41, 5.74) is 0. The second kappa shape index (κ2) is 9.60. The van der Waals surface area contributed by atoms with Crippen LogP contribution in [0.4, 0.5) is 4.79 Å². The number of amides is 2. The van der Waals surface area contributed by atoms with Gasteiger partial charge in [0.1, 0.15) is 0 Å². The number of carbonyl (C=O) groups excluding carboxylic acids is 1. The van der Waals surface area contributed by atoms with Crippen molar-refractivity contribution in [3.05, 3.63) is 0 Å². The summed E-state index contributed by atoms with van der Waals surface area (Å²) in [6.07, 6.45) is 6.34. The molecule has 0 aliphatic heterocycles.